The first-order valence-corrected chi connectivity index (χ1v) is 15.2. The average molecular weight is 627 g/mol. The maximum absolute atomic E-state index is 14.6. The zero-order valence-corrected chi connectivity index (χ0v) is 24.7. The Labute approximate surface area is 263 Å². The Balaban J connectivity index is 1.38. The topological polar surface area (TPSA) is 74.8 Å². The number of hydrogen-bond acceptors (Lipinski definition) is 4. The van der Waals surface area contributed by atoms with Gasteiger partial charge in [0.15, 0.2) is 5.78 Å². The van der Waals surface area contributed by atoms with Gasteiger partial charge >= 0.3 is 0 Å². The monoisotopic (exact) mass is 626 g/mol. The van der Waals surface area contributed by atoms with E-state index >= 15 is 0 Å². The fourth-order valence-corrected chi connectivity index (χ4v) is 7.58. The Hall–Kier alpha value is -4.33. The van der Waals surface area contributed by atoms with E-state index in [0.29, 0.717) is 5.02 Å². The lowest BCUT2D eigenvalue weighted by Crippen LogP contribution is -2.57. The molecular formula is C35H25Cl2FN2O4. The molecule has 3 amide bonds. The van der Waals surface area contributed by atoms with Gasteiger partial charge in [0, 0.05) is 33.9 Å². The van der Waals surface area contributed by atoms with Crippen LogP contribution in [-0.4, -0.2) is 45.4 Å². The van der Waals surface area contributed by atoms with Gasteiger partial charge < -0.3 is 0 Å². The second-order valence-electron chi connectivity index (χ2n) is 11.3. The molecule has 6 nitrogen and oxygen atoms in total. The summed E-state index contributed by atoms with van der Waals surface area (Å²) in [5.41, 5.74) is 4.18. The third-order valence-electron chi connectivity index (χ3n) is 9.05. The number of alkyl halides is 1. The predicted molar refractivity (Wildman–Crippen MR) is 163 cm³/mol. The molecule has 1 fully saturated rings. The van der Waals surface area contributed by atoms with Crippen molar-refractivity contribution in [3.05, 3.63) is 141 Å². The van der Waals surface area contributed by atoms with Crippen LogP contribution in [0.4, 0.5) is 4.39 Å². The van der Waals surface area contributed by atoms with Gasteiger partial charge in [0.25, 0.3) is 17.7 Å². The summed E-state index contributed by atoms with van der Waals surface area (Å²) < 4.78 is 13.8. The maximum Gasteiger partial charge on any atom is 0.273 e. The molecule has 8 rings (SSSR count). The standard InChI is InChI=1S/C35H25Cl2FN2O4/c36-18-17-27(32(41)19-11-15-22(38)16-12-19)39(33(42)20-9-13-21(37)14-10-20)40-34(43)30-28-23-5-1-2-6-24(23)29(31(30)35(40)44)26-8-4-3-7-25(26)28/h1-16,27-31H,17-18H2/t27-,28?,29?,30-,31+/m0/s1. The fourth-order valence-electron chi connectivity index (χ4n) is 7.24. The van der Waals surface area contributed by atoms with Crippen molar-refractivity contribution in [1.82, 2.24) is 10.0 Å². The SMILES string of the molecule is O=C(c1ccc(F)cc1)[C@H](CCCl)N(C(=O)c1ccc(Cl)cc1)N1C(=O)[C@@H]2C3c4ccccc4C(c4ccccc43)[C@@H]2C1=O. The number of halogens is 3. The normalized spacial score (nSPS) is 21.8. The van der Waals surface area contributed by atoms with Gasteiger partial charge in [0.05, 0.1) is 11.8 Å². The second kappa shape index (κ2) is 11.0. The summed E-state index contributed by atoms with van der Waals surface area (Å²) in [6.45, 7) is 0. The third kappa shape index (κ3) is 4.29. The molecule has 0 aromatic heterocycles. The van der Waals surface area contributed by atoms with Crippen LogP contribution in [0.25, 0.3) is 0 Å². The second-order valence-corrected chi connectivity index (χ2v) is 12.1. The Bertz CT molecular complexity index is 1710. The number of hydrazine groups is 1. The molecule has 2 bridgehead atoms. The molecular weight excluding hydrogens is 602 g/mol. The number of carbonyl (C=O) groups excluding carboxylic acids is 4. The van der Waals surface area contributed by atoms with Gasteiger partial charge in [-0.15, -0.1) is 11.6 Å². The minimum absolute atomic E-state index is 0.0484. The van der Waals surface area contributed by atoms with Crippen molar-refractivity contribution in [2.75, 3.05) is 5.88 Å². The van der Waals surface area contributed by atoms with E-state index in [-0.39, 0.29) is 23.4 Å². The van der Waals surface area contributed by atoms with Gasteiger partial charge in [-0.2, -0.15) is 5.01 Å². The molecule has 4 aliphatic rings. The molecule has 1 saturated heterocycles. The van der Waals surface area contributed by atoms with Gasteiger partial charge in [-0.1, -0.05) is 60.1 Å². The van der Waals surface area contributed by atoms with Crippen LogP contribution in [0.1, 0.15) is 61.2 Å². The lowest BCUT2D eigenvalue weighted by Gasteiger charge is -2.45. The fraction of sp³-hybridized carbons (Fsp3) is 0.200. The first-order valence-electron chi connectivity index (χ1n) is 14.3. The van der Waals surface area contributed by atoms with Crippen LogP contribution in [0.3, 0.4) is 0 Å². The zero-order valence-electron chi connectivity index (χ0n) is 23.2. The molecule has 4 aromatic rings. The van der Waals surface area contributed by atoms with Gasteiger partial charge in [0.2, 0.25) is 0 Å². The molecule has 0 spiro atoms. The molecule has 0 N–H and O–H groups in total. The minimum Gasteiger partial charge on any atom is -0.292 e. The molecule has 0 saturated carbocycles. The highest BCUT2D eigenvalue weighted by Gasteiger charge is 2.63. The summed E-state index contributed by atoms with van der Waals surface area (Å²) >= 11 is 12.3. The number of benzene rings is 4. The molecule has 44 heavy (non-hydrogen) atoms. The van der Waals surface area contributed by atoms with Gasteiger partial charge in [0.1, 0.15) is 11.9 Å². The number of imide groups is 1. The smallest absolute Gasteiger partial charge is 0.273 e. The highest BCUT2D eigenvalue weighted by molar-refractivity contribution is 6.30. The molecule has 9 heteroatoms. The van der Waals surface area contributed by atoms with Crippen LogP contribution in [0.2, 0.25) is 5.02 Å². The Morgan fingerprint density at radius 2 is 1.18 bits per heavy atom. The summed E-state index contributed by atoms with van der Waals surface area (Å²) in [4.78, 5) is 57.6. The predicted octanol–water partition coefficient (Wildman–Crippen LogP) is 6.61. The number of nitrogens with zero attached hydrogens (tertiary/aromatic N) is 2. The van der Waals surface area contributed by atoms with Crippen LogP contribution in [0, 0.1) is 17.7 Å². The van der Waals surface area contributed by atoms with Gasteiger partial charge in [-0.3, -0.25) is 19.2 Å². The largest absolute Gasteiger partial charge is 0.292 e. The van der Waals surface area contributed by atoms with E-state index in [2.05, 4.69) is 0 Å². The highest BCUT2D eigenvalue weighted by atomic mass is 35.5. The molecule has 220 valence electrons. The lowest BCUT2D eigenvalue weighted by atomic mass is 9.55. The number of rotatable bonds is 7. The van der Waals surface area contributed by atoms with Crippen LogP contribution in [0.5, 0.6) is 0 Å². The van der Waals surface area contributed by atoms with E-state index in [4.69, 9.17) is 23.2 Å². The summed E-state index contributed by atoms with van der Waals surface area (Å²) in [5.74, 6) is -5.31. The summed E-state index contributed by atoms with van der Waals surface area (Å²) in [6, 6.07) is 25.2. The third-order valence-corrected chi connectivity index (χ3v) is 9.52. The number of amides is 3. The Morgan fingerprint density at radius 1 is 0.727 bits per heavy atom. The highest BCUT2D eigenvalue weighted by Crippen LogP contribution is 2.61. The van der Waals surface area contributed by atoms with Crippen LogP contribution in [0.15, 0.2) is 97.1 Å². The van der Waals surface area contributed by atoms with Crippen molar-refractivity contribution in [1.29, 1.82) is 0 Å². The van der Waals surface area contributed by atoms with Gasteiger partial charge in [-0.25, -0.2) is 9.40 Å². The number of Topliss-reactive ketones (excluding diaryl/α,β-unsaturated/α-hetero) is 1. The van der Waals surface area contributed by atoms with Gasteiger partial charge in [-0.05, 0) is 77.2 Å². The van der Waals surface area contributed by atoms with Crippen molar-refractivity contribution < 1.29 is 23.6 Å². The Kier molecular flexibility index (Phi) is 7.10. The van der Waals surface area contributed by atoms with Crippen LogP contribution >= 0.6 is 23.2 Å². The van der Waals surface area contributed by atoms with Crippen molar-refractivity contribution >= 4 is 46.7 Å². The molecule has 1 aliphatic heterocycles. The lowest BCUT2D eigenvalue weighted by molar-refractivity contribution is -0.156. The summed E-state index contributed by atoms with van der Waals surface area (Å²) in [5, 5.41) is 2.26. The molecule has 3 aliphatic carbocycles. The summed E-state index contributed by atoms with van der Waals surface area (Å²) in [7, 11) is 0. The van der Waals surface area contributed by atoms with E-state index in [9.17, 15) is 23.6 Å². The van der Waals surface area contributed by atoms with Crippen molar-refractivity contribution in [2.24, 2.45) is 11.8 Å². The zero-order chi connectivity index (χ0) is 30.7. The van der Waals surface area contributed by atoms with E-state index < -0.39 is 59.0 Å². The number of ketones is 1. The van der Waals surface area contributed by atoms with Crippen molar-refractivity contribution in [2.45, 2.75) is 24.3 Å². The Morgan fingerprint density at radius 3 is 1.64 bits per heavy atom. The first-order chi connectivity index (χ1) is 21.3. The minimum atomic E-state index is -1.32. The van der Waals surface area contributed by atoms with E-state index in [1.165, 1.54) is 36.4 Å². The number of carbonyl (C=O) groups is 4. The average Bonchev–Trinajstić information content (AvgIpc) is 3.31. The molecule has 4 aromatic carbocycles. The molecule has 3 atom stereocenters. The molecule has 0 radical (unpaired) electrons. The molecule has 1 heterocycles. The first kappa shape index (κ1) is 28.4. The van der Waals surface area contributed by atoms with E-state index in [1.54, 1.807) is 0 Å². The maximum atomic E-state index is 14.6. The van der Waals surface area contributed by atoms with Crippen molar-refractivity contribution in [3.8, 4) is 0 Å². The summed E-state index contributed by atoms with van der Waals surface area (Å²) in [6.07, 6.45) is -0.0587. The molecule has 0 unspecified atom stereocenters. The number of hydrogen-bond donors (Lipinski definition) is 0. The van der Waals surface area contributed by atoms with E-state index in [0.717, 1.165) is 44.4 Å². The van der Waals surface area contributed by atoms with Crippen LogP contribution in [-0.2, 0) is 9.59 Å². The van der Waals surface area contributed by atoms with Crippen molar-refractivity contribution in [3.63, 3.8) is 0 Å². The van der Waals surface area contributed by atoms with Crippen LogP contribution < -0.4 is 0 Å². The van der Waals surface area contributed by atoms with E-state index in [1.807, 2.05) is 48.5 Å². The quantitative estimate of drug-likeness (QED) is 0.131.